The quantitative estimate of drug-likeness (QED) is 0.854. The number of hydrogen-bond donors (Lipinski definition) is 1. The van der Waals surface area contributed by atoms with Crippen LogP contribution in [0.3, 0.4) is 0 Å². The molecule has 1 aromatic rings. The van der Waals surface area contributed by atoms with Gasteiger partial charge in [-0.25, -0.2) is 0 Å². The molecule has 1 aliphatic rings. The van der Waals surface area contributed by atoms with Crippen molar-refractivity contribution in [1.29, 1.82) is 0 Å². The topological polar surface area (TPSA) is 67.9 Å². The van der Waals surface area contributed by atoms with E-state index in [1.54, 1.807) is 14.2 Å². The molecule has 0 spiro atoms. The molecule has 6 heteroatoms. The summed E-state index contributed by atoms with van der Waals surface area (Å²) in [6, 6.07) is 5.67. The van der Waals surface area contributed by atoms with Gasteiger partial charge < -0.3 is 19.7 Å². The maximum Gasteiger partial charge on any atom is 0.226 e. The van der Waals surface area contributed by atoms with Crippen molar-refractivity contribution in [2.24, 2.45) is 5.92 Å². The van der Waals surface area contributed by atoms with E-state index in [0.29, 0.717) is 31.0 Å². The van der Waals surface area contributed by atoms with E-state index < -0.39 is 0 Å². The van der Waals surface area contributed by atoms with E-state index in [4.69, 9.17) is 9.47 Å². The lowest BCUT2D eigenvalue weighted by Crippen LogP contribution is -2.44. The number of carbonyl (C=O) groups excluding carboxylic acids is 2. The van der Waals surface area contributed by atoms with Crippen molar-refractivity contribution in [3.8, 4) is 11.5 Å². The number of nitrogens with one attached hydrogen (secondary N) is 1. The molecule has 138 valence electrons. The molecule has 2 rings (SSSR count). The molecule has 0 aliphatic carbocycles. The molecule has 0 unspecified atom stereocenters. The van der Waals surface area contributed by atoms with Gasteiger partial charge in [0.2, 0.25) is 11.8 Å². The summed E-state index contributed by atoms with van der Waals surface area (Å²) in [6.07, 6.45) is 1.76. The lowest BCUT2D eigenvalue weighted by molar-refractivity contribution is -0.135. The highest BCUT2D eigenvalue weighted by molar-refractivity contribution is 5.81. The lowest BCUT2D eigenvalue weighted by Gasteiger charge is -2.31. The first-order chi connectivity index (χ1) is 11.9. The monoisotopic (exact) mass is 348 g/mol. The first-order valence-electron chi connectivity index (χ1n) is 8.73. The smallest absolute Gasteiger partial charge is 0.226 e. The number of methoxy groups -OCH3 is 2. The minimum Gasteiger partial charge on any atom is -0.493 e. The van der Waals surface area contributed by atoms with E-state index in [0.717, 1.165) is 18.4 Å². The van der Waals surface area contributed by atoms with Crippen molar-refractivity contribution in [3.63, 3.8) is 0 Å². The summed E-state index contributed by atoms with van der Waals surface area (Å²) in [5.74, 6) is 1.46. The van der Waals surface area contributed by atoms with E-state index in [-0.39, 0.29) is 23.8 Å². The zero-order valence-electron chi connectivity index (χ0n) is 15.5. The van der Waals surface area contributed by atoms with Crippen molar-refractivity contribution in [2.75, 3.05) is 27.3 Å². The molecule has 0 radical (unpaired) electrons. The van der Waals surface area contributed by atoms with Crippen LogP contribution in [-0.2, 0) is 16.0 Å². The van der Waals surface area contributed by atoms with Crippen LogP contribution in [0.15, 0.2) is 18.2 Å². The third-order valence-corrected chi connectivity index (χ3v) is 4.45. The maximum atomic E-state index is 12.5. The fourth-order valence-electron chi connectivity index (χ4n) is 3.07. The minimum absolute atomic E-state index is 0.00697. The number of ether oxygens (including phenoxy) is 2. The van der Waals surface area contributed by atoms with Crippen LogP contribution in [0.5, 0.6) is 11.5 Å². The highest BCUT2D eigenvalue weighted by Gasteiger charge is 2.27. The Bertz CT molecular complexity index is 607. The first-order valence-corrected chi connectivity index (χ1v) is 8.73. The van der Waals surface area contributed by atoms with E-state index >= 15 is 0 Å². The van der Waals surface area contributed by atoms with E-state index in [1.165, 1.54) is 0 Å². The molecule has 0 aromatic heterocycles. The second-order valence-corrected chi connectivity index (χ2v) is 6.68. The second-order valence-electron chi connectivity index (χ2n) is 6.68. The molecule has 25 heavy (non-hydrogen) atoms. The SMILES string of the molecule is COc1ccc(CC(=O)N2CCC(C(=O)NC(C)C)CC2)cc1OC. The van der Waals surface area contributed by atoms with Gasteiger partial charge in [0.1, 0.15) is 0 Å². The average molecular weight is 348 g/mol. The minimum atomic E-state index is 0.00697. The Hall–Kier alpha value is -2.24. The van der Waals surface area contributed by atoms with E-state index in [1.807, 2.05) is 36.9 Å². The molecule has 1 heterocycles. The highest BCUT2D eigenvalue weighted by atomic mass is 16.5. The molecular weight excluding hydrogens is 320 g/mol. The Kier molecular flexibility index (Phi) is 6.67. The van der Waals surface area contributed by atoms with Gasteiger partial charge in [0.25, 0.3) is 0 Å². The first kappa shape index (κ1) is 19.1. The number of nitrogens with zero attached hydrogens (tertiary/aromatic N) is 1. The van der Waals surface area contributed by atoms with Crippen LogP contribution in [0.2, 0.25) is 0 Å². The number of piperidine rings is 1. The molecule has 1 saturated heterocycles. The van der Waals surface area contributed by atoms with E-state index in [2.05, 4.69) is 5.32 Å². The Morgan fingerprint density at radius 2 is 1.80 bits per heavy atom. The van der Waals surface area contributed by atoms with Crippen LogP contribution in [0.1, 0.15) is 32.3 Å². The molecule has 1 aromatic carbocycles. The summed E-state index contributed by atoms with van der Waals surface area (Å²) in [7, 11) is 3.17. The molecular formula is C19H28N2O4. The molecule has 0 bridgehead atoms. The van der Waals surface area contributed by atoms with E-state index in [9.17, 15) is 9.59 Å². The predicted molar refractivity (Wildman–Crippen MR) is 95.8 cm³/mol. The van der Waals surface area contributed by atoms with Crippen LogP contribution in [0, 0.1) is 5.92 Å². The summed E-state index contributed by atoms with van der Waals surface area (Å²) in [5, 5.41) is 2.95. The summed E-state index contributed by atoms with van der Waals surface area (Å²) in [5.41, 5.74) is 0.891. The van der Waals surface area contributed by atoms with Gasteiger partial charge in [0.15, 0.2) is 11.5 Å². The van der Waals surface area contributed by atoms with Gasteiger partial charge in [-0.15, -0.1) is 0 Å². The fraction of sp³-hybridized carbons (Fsp3) is 0.579. The Balaban J connectivity index is 1.89. The lowest BCUT2D eigenvalue weighted by atomic mass is 9.95. The van der Waals surface area contributed by atoms with Crippen molar-refractivity contribution in [1.82, 2.24) is 10.2 Å². The molecule has 1 N–H and O–H groups in total. The number of likely N-dealkylation sites (tertiary alicyclic amines) is 1. The molecule has 0 saturated carbocycles. The van der Waals surface area contributed by atoms with Crippen LogP contribution in [0.25, 0.3) is 0 Å². The molecule has 1 aliphatic heterocycles. The predicted octanol–water partition coefficient (Wildman–Crippen LogP) is 2.01. The fourth-order valence-corrected chi connectivity index (χ4v) is 3.07. The Morgan fingerprint density at radius 1 is 1.16 bits per heavy atom. The number of hydrogen-bond acceptors (Lipinski definition) is 4. The average Bonchev–Trinajstić information content (AvgIpc) is 2.61. The zero-order chi connectivity index (χ0) is 18.4. The van der Waals surface area contributed by atoms with Crippen LogP contribution < -0.4 is 14.8 Å². The van der Waals surface area contributed by atoms with Gasteiger partial charge in [-0.2, -0.15) is 0 Å². The Labute approximate surface area is 149 Å². The molecule has 2 amide bonds. The van der Waals surface area contributed by atoms with Gasteiger partial charge >= 0.3 is 0 Å². The standard InChI is InChI=1S/C19H28N2O4/c1-13(2)20-19(23)15-7-9-21(10-8-15)18(22)12-14-5-6-16(24-3)17(11-14)25-4/h5-6,11,13,15H,7-10,12H2,1-4H3,(H,20,23). The van der Waals surface area contributed by atoms with Crippen molar-refractivity contribution < 1.29 is 19.1 Å². The normalized spacial score (nSPS) is 15.2. The maximum absolute atomic E-state index is 12.5. The van der Waals surface area contributed by atoms with Gasteiger partial charge in [-0.1, -0.05) is 6.07 Å². The zero-order valence-corrected chi connectivity index (χ0v) is 15.5. The van der Waals surface area contributed by atoms with Crippen molar-refractivity contribution in [3.05, 3.63) is 23.8 Å². The van der Waals surface area contributed by atoms with Crippen LogP contribution >= 0.6 is 0 Å². The Morgan fingerprint density at radius 3 is 2.36 bits per heavy atom. The third kappa shape index (κ3) is 5.11. The second kappa shape index (κ2) is 8.74. The van der Waals surface area contributed by atoms with Gasteiger partial charge in [-0.05, 0) is 44.4 Å². The summed E-state index contributed by atoms with van der Waals surface area (Å²) < 4.78 is 10.5. The third-order valence-electron chi connectivity index (χ3n) is 4.45. The number of rotatable bonds is 6. The molecule has 6 nitrogen and oxygen atoms in total. The summed E-state index contributed by atoms with van der Waals surface area (Å²) >= 11 is 0. The number of benzene rings is 1. The van der Waals surface area contributed by atoms with Crippen LogP contribution in [-0.4, -0.2) is 50.1 Å². The summed E-state index contributed by atoms with van der Waals surface area (Å²) in [4.78, 5) is 26.4. The highest BCUT2D eigenvalue weighted by Crippen LogP contribution is 2.28. The largest absolute Gasteiger partial charge is 0.493 e. The van der Waals surface area contributed by atoms with Gasteiger partial charge in [0.05, 0.1) is 20.6 Å². The number of carbonyl (C=O) groups is 2. The van der Waals surface area contributed by atoms with Crippen LogP contribution in [0.4, 0.5) is 0 Å². The van der Waals surface area contributed by atoms with Crippen molar-refractivity contribution >= 4 is 11.8 Å². The summed E-state index contributed by atoms with van der Waals surface area (Å²) in [6.45, 7) is 5.17. The molecule has 1 fully saturated rings. The van der Waals surface area contributed by atoms with Crippen molar-refractivity contribution in [2.45, 2.75) is 39.2 Å². The number of amides is 2. The van der Waals surface area contributed by atoms with Gasteiger partial charge in [0, 0.05) is 25.0 Å². The van der Waals surface area contributed by atoms with Gasteiger partial charge in [-0.3, -0.25) is 9.59 Å². The molecule has 0 atom stereocenters.